The van der Waals surface area contributed by atoms with Crippen molar-refractivity contribution in [1.29, 1.82) is 0 Å². The molecule has 0 fully saturated rings. The summed E-state index contributed by atoms with van der Waals surface area (Å²) in [5.41, 5.74) is 0.905. The van der Waals surface area contributed by atoms with E-state index in [-0.39, 0.29) is 5.69 Å². The quantitative estimate of drug-likeness (QED) is 0.608. The van der Waals surface area contributed by atoms with Crippen LogP contribution >= 0.6 is 0 Å². The van der Waals surface area contributed by atoms with Gasteiger partial charge in [0.1, 0.15) is 0 Å². The molecule has 1 rings (SSSR count). The lowest BCUT2D eigenvalue weighted by atomic mass is 9.98. The third kappa shape index (κ3) is 4.52. The number of hydrogen-bond donors (Lipinski definition) is 1. The lowest BCUT2D eigenvalue weighted by Gasteiger charge is -2.16. The number of nitrogens with one attached hydrogen (secondary N) is 1. The third-order valence-corrected chi connectivity index (χ3v) is 3.37. The number of ether oxygens (including phenoxy) is 1. The smallest absolute Gasteiger partial charge is 0.311 e. The topological polar surface area (TPSA) is 64.4 Å². The van der Waals surface area contributed by atoms with Crippen LogP contribution in [0.1, 0.15) is 26.3 Å². The highest BCUT2D eigenvalue weighted by molar-refractivity contribution is 5.48. The fourth-order valence-corrected chi connectivity index (χ4v) is 1.67. The number of nitro groups is 1. The summed E-state index contributed by atoms with van der Waals surface area (Å²) >= 11 is 0. The zero-order valence-electron chi connectivity index (χ0n) is 12.0. The van der Waals surface area contributed by atoms with Gasteiger partial charge in [-0.1, -0.05) is 26.8 Å². The van der Waals surface area contributed by atoms with Crippen LogP contribution in [-0.2, 0) is 6.54 Å². The maximum absolute atomic E-state index is 10.9. The summed E-state index contributed by atoms with van der Waals surface area (Å²) in [5.74, 6) is 1.50. The van der Waals surface area contributed by atoms with Crippen LogP contribution in [0.3, 0.4) is 0 Å². The van der Waals surface area contributed by atoms with Crippen molar-refractivity contribution < 1.29 is 9.66 Å². The second-order valence-corrected chi connectivity index (χ2v) is 5.12. The Morgan fingerprint density at radius 3 is 2.58 bits per heavy atom. The van der Waals surface area contributed by atoms with Crippen molar-refractivity contribution in [2.75, 3.05) is 13.7 Å². The Hall–Kier alpha value is -1.62. The molecule has 1 atom stereocenters. The lowest BCUT2D eigenvalue weighted by molar-refractivity contribution is -0.385. The van der Waals surface area contributed by atoms with Crippen LogP contribution in [0.2, 0.25) is 0 Å². The summed E-state index contributed by atoms with van der Waals surface area (Å²) in [5, 5.41) is 14.2. The minimum absolute atomic E-state index is 0.0127. The van der Waals surface area contributed by atoms with Gasteiger partial charge in [0.15, 0.2) is 5.75 Å². The normalized spacial score (nSPS) is 12.5. The number of methoxy groups -OCH3 is 1. The largest absolute Gasteiger partial charge is 0.490 e. The fraction of sp³-hybridized carbons (Fsp3) is 0.571. The maximum Gasteiger partial charge on any atom is 0.311 e. The zero-order chi connectivity index (χ0) is 14.4. The van der Waals surface area contributed by atoms with Gasteiger partial charge in [0.2, 0.25) is 0 Å². The summed E-state index contributed by atoms with van der Waals surface area (Å²) in [6.45, 7) is 8.09. The van der Waals surface area contributed by atoms with E-state index in [1.165, 1.54) is 7.11 Å². The highest BCUT2D eigenvalue weighted by Crippen LogP contribution is 2.27. The first-order valence-electron chi connectivity index (χ1n) is 6.47. The third-order valence-electron chi connectivity index (χ3n) is 3.37. The van der Waals surface area contributed by atoms with Gasteiger partial charge in [0.05, 0.1) is 12.0 Å². The van der Waals surface area contributed by atoms with E-state index in [1.807, 2.05) is 6.07 Å². The van der Waals surface area contributed by atoms with Crippen LogP contribution in [0.5, 0.6) is 5.75 Å². The molecule has 106 valence electrons. The van der Waals surface area contributed by atoms with Crippen molar-refractivity contribution >= 4 is 5.69 Å². The van der Waals surface area contributed by atoms with E-state index in [9.17, 15) is 10.1 Å². The van der Waals surface area contributed by atoms with Gasteiger partial charge < -0.3 is 10.1 Å². The summed E-state index contributed by atoms with van der Waals surface area (Å²) in [7, 11) is 1.44. The van der Waals surface area contributed by atoms with E-state index in [1.54, 1.807) is 12.1 Å². The molecule has 5 heteroatoms. The highest BCUT2D eigenvalue weighted by Gasteiger charge is 2.15. The molecule has 1 N–H and O–H groups in total. The van der Waals surface area contributed by atoms with Crippen molar-refractivity contribution in [1.82, 2.24) is 5.32 Å². The molecule has 0 aromatic heterocycles. The van der Waals surface area contributed by atoms with Crippen molar-refractivity contribution in [2.24, 2.45) is 11.8 Å². The predicted molar refractivity (Wildman–Crippen MR) is 75.4 cm³/mol. The summed E-state index contributed by atoms with van der Waals surface area (Å²) in [6.07, 6.45) is 0. The molecule has 0 saturated carbocycles. The lowest BCUT2D eigenvalue weighted by Crippen LogP contribution is -2.23. The molecule has 5 nitrogen and oxygen atoms in total. The molecule has 0 aliphatic carbocycles. The summed E-state index contributed by atoms with van der Waals surface area (Å²) < 4.78 is 4.97. The second-order valence-electron chi connectivity index (χ2n) is 5.12. The van der Waals surface area contributed by atoms with Gasteiger partial charge in [0, 0.05) is 12.6 Å². The summed E-state index contributed by atoms with van der Waals surface area (Å²) in [6, 6.07) is 5.05. The maximum atomic E-state index is 10.9. The number of rotatable bonds is 7. The van der Waals surface area contributed by atoms with Crippen LogP contribution in [0.15, 0.2) is 18.2 Å². The SMILES string of the molecule is COc1ccc(CNCC(C)C(C)C)cc1[N+](=O)[O-]. The van der Waals surface area contributed by atoms with Gasteiger partial charge in [-0.2, -0.15) is 0 Å². The number of hydrogen-bond acceptors (Lipinski definition) is 4. The minimum atomic E-state index is -0.418. The van der Waals surface area contributed by atoms with Crippen LogP contribution < -0.4 is 10.1 Å². The number of benzene rings is 1. The molecule has 1 aromatic carbocycles. The molecule has 0 saturated heterocycles. The Balaban J connectivity index is 2.65. The molecule has 0 heterocycles. The molecule has 19 heavy (non-hydrogen) atoms. The van der Waals surface area contributed by atoms with Crippen LogP contribution in [0.4, 0.5) is 5.69 Å². The Labute approximate surface area is 114 Å². The Morgan fingerprint density at radius 2 is 2.05 bits per heavy atom. The van der Waals surface area contributed by atoms with Gasteiger partial charge in [-0.3, -0.25) is 10.1 Å². The average Bonchev–Trinajstić information content (AvgIpc) is 2.38. The van der Waals surface area contributed by atoms with E-state index in [4.69, 9.17) is 4.74 Å². The number of nitrogens with zero attached hydrogens (tertiary/aromatic N) is 1. The minimum Gasteiger partial charge on any atom is -0.490 e. The van der Waals surface area contributed by atoms with Crippen LogP contribution in [0, 0.1) is 22.0 Å². The molecule has 0 radical (unpaired) electrons. The Bertz CT molecular complexity index is 433. The van der Waals surface area contributed by atoms with Crippen molar-refractivity contribution in [3.63, 3.8) is 0 Å². The van der Waals surface area contributed by atoms with Crippen molar-refractivity contribution in [3.8, 4) is 5.75 Å². The Kier molecular flexibility index (Phi) is 5.76. The molecule has 0 bridgehead atoms. The predicted octanol–water partition coefficient (Wildman–Crippen LogP) is 2.99. The molecule has 0 aliphatic heterocycles. The van der Waals surface area contributed by atoms with E-state index in [0.717, 1.165) is 12.1 Å². The average molecular weight is 266 g/mol. The molecule has 0 aliphatic rings. The molecular formula is C14H22N2O3. The van der Waals surface area contributed by atoms with Crippen molar-refractivity contribution in [3.05, 3.63) is 33.9 Å². The van der Waals surface area contributed by atoms with E-state index < -0.39 is 4.92 Å². The van der Waals surface area contributed by atoms with Crippen LogP contribution in [-0.4, -0.2) is 18.6 Å². The Morgan fingerprint density at radius 1 is 1.37 bits per heavy atom. The first-order valence-corrected chi connectivity index (χ1v) is 6.47. The van der Waals surface area contributed by atoms with Gasteiger partial charge in [0.25, 0.3) is 0 Å². The molecule has 1 unspecified atom stereocenters. The van der Waals surface area contributed by atoms with E-state index in [2.05, 4.69) is 26.1 Å². The van der Waals surface area contributed by atoms with E-state index >= 15 is 0 Å². The standard InChI is InChI=1S/C14H22N2O3/c1-10(2)11(3)8-15-9-12-5-6-14(19-4)13(7-12)16(17)18/h5-7,10-11,15H,8-9H2,1-4H3. The summed E-state index contributed by atoms with van der Waals surface area (Å²) in [4.78, 5) is 10.5. The van der Waals surface area contributed by atoms with Gasteiger partial charge in [-0.15, -0.1) is 0 Å². The highest BCUT2D eigenvalue weighted by atomic mass is 16.6. The van der Waals surface area contributed by atoms with Gasteiger partial charge in [-0.05, 0) is 30.0 Å². The number of nitro benzene ring substituents is 1. The van der Waals surface area contributed by atoms with Crippen LogP contribution in [0.25, 0.3) is 0 Å². The monoisotopic (exact) mass is 266 g/mol. The molecule has 0 amide bonds. The molecular weight excluding hydrogens is 244 g/mol. The zero-order valence-corrected chi connectivity index (χ0v) is 12.0. The fourth-order valence-electron chi connectivity index (χ4n) is 1.67. The van der Waals surface area contributed by atoms with Gasteiger partial charge >= 0.3 is 5.69 Å². The molecule has 0 spiro atoms. The second kappa shape index (κ2) is 7.09. The van der Waals surface area contributed by atoms with E-state index in [0.29, 0.717) is 24.1 Å². The first kappa shape index (κ1) is 15.4. The van der Waals surface area contributed by atoms with Gasteiger partial charge in [-0.25, -0.2) is 0 Å². The molecule has 1 aromatic rings. The van der Waals surface area contributed by atoms with Crippen molar-refractivity contribution in [2.45, 2.75) is 27.3 Å². The first-order chi connectivity index (χ1) is 8.95.